The summed E-state index contributed by atoms with van der Waals surface area (Å²) >= 11 is 3.13. The van der Waals surface area contributed by atoms with Crippen molar-refractivity contribution in [2.24, 2.45) is 0 Å². The molecule has 1 aromatic rings. The average Bonchev–Trinajstić information content (AvgIpc) is 2.37. The Balaban J connectivity index is 2.87. The molecule has 0 aliphatic heterocycles. The van der Waals surface area contributed by atoms with Crippen LogP contribution in [0.25, 0.3) is 0 Å². The van der Waals surface area contributed by atoms with Gasteiger partial charge in [0.15, 0.2) is 0 Å². The van der Waals surface area contributed by atoms with E-state index in [-0.39, 0.29) is 12.2 Å². The van der Waals surface area contributed by atoms with E-state index in [1.54, 1.807) is 0 Å². The molecule has 0 aliphatic carbocycles. The molecule has 1 aromatic carbocycles. The molecule has 0 radical (unpaired) electrons. The van der Waals surface area contributed by atoms with Gasteiger partial charge in [-0.25, -0.2) is 0 Å². The molecule has 1 rings (SSSR count). The third kappa shape index (κ3) is 4.46. The van der Waals surface area contributed by atoms with Crippen LogP contribution in [0.5, 0.6) is 0 Å². The Bertz CT molecular complexity index is 537. The predicted octanol–water partition coefficient (Wildman–Crippen LogP) is 3.02. The summed E-state index contributed by atoms with van der Waals surface area (Å²) in [6.07, 6.45) is 0.565. The first-order chi connectivity index (χ1) is 9.25. The number of halogens is 4. The lowest BCUT2D eigenvalue weighted by Crippen LogP contribution is -2.37. The van der Waals surface area contributed by atoms with Crippen molar-refractivity contribution in [3.63, 3.8) is 0 Å². The highest BCUT2D eigenvalue weighted by Crippen LogP contribution is 2.34. The second-order valence-electron chi connectivity index (χ2n) is 3.98. The molecule has 0 saturated carbocycles. The first kappa shape index (κ1) is 16.4. The highest BCUT2D eigenvalue weighted by molar-refractivity contribution is 9.10. The summed E-state index contributed by atoms with van der Waals surface area (Å²) in [7, 11) is 0. The molecule has 0 fully saturated rings. The number of terminal acetylenes is 1. The molecule has 0 saturated heterocycles. The van der Waals surface area contributed by atoms with Crippen molar-refractivity contribution in [1.29, 1.82) is 0 Å². The van der Waals surface area contributed by atoms with E-state index in [0.717, 1.165) is 12.1 Å². The summed E-state index contributed by atoms with van der Waals surface area (Å²) in [6.45, 7) is 1.59. The summed E-state index contributed by atoms with van der Waals surface area (Å²) in [5.74, 6) is 1.84. The highest BCUT2D eigenvalue weighted by Gasteiger charge is 2.31. The van der Waals surface area contributed by atoms with E-state index in [9.17, 15) is 18.0 Å². The number of carbonyl (C=O) groups excluding carboxylic acids is 1. The van der Waals surface area contributed by atoms with Crippen LogP contribution in [-0.4, -0.2) is 18.5 Å². The number of benzene rings is 1. The van der Waals surface area contributed by atoms with Crippen LogP contribution in [0.2, 0.25) is 0 Å². The summed E-state index contributed by atoms with van der Waals surface area (Å²) in [4.78, 5) is 11.6. The van der Waals surface area contributed by atoms with E-state index >= 15 is 0 Å². The third-order valence-electron chi connectivity index (χ3n) is 2.42. The lowest BCUT2D eigenvalue weighted by atomic mass is 10.2. The van der Waals surface area contributed by atoms with Gasteiger partial charge in [-0.2, -0.15) is 13.2 Å². The topological polar surface area (TPSA) is 41.1 Å². The van der Waals surface area contributed by atoms with Crippen molar-refractivity contribution in [3.8, 4) is 12.3 Å². The molecule has 0 heterocycles. The number of rotatable bonds is 4. The second kappa shape index (κ2) is 6.66. The third-order valence-corrected chi connectivity index (χ3v) is 3.12. The van der Waals surface area contributed by atoms with Gasteiger partial charge in [-0.15, -0.1) is 6.42 Å². The molecule has 1 atom stereocenters. The minimum atomic E-state index is -4.44. The Morgan fingerprint density at radius 2 is 2.15 bits per heavy atom. The van der Waals surface area contributed by atoms with Crippen LogP contribution in [0.3, 0.4) is 0 Å². The summed E-state index contributed by atoms with van der Waals surface area (Å²) in [5, 5.41) is 5.15. The smallest absolute Gasteiger partial charge is 0.373 e. The Morgan fingerprint density at radius 3 is 2.70 bits per heavy atom. The van der Waals surface area contributed by atoms with Gasteiger partial charge in [-0.05, 0) is 41.1 Å². The van der Waals surface area contributed by atoms with Crippen molar-refractivity contribution >= 4 is 27.5 Å². The lowest BCUT2D eigenvalue weighted by Gasteiger charge is -2.17. The Kier molecular flexibility index (Phi) is 5.45. The van der Waals surface area contributed by atoms with E-state index in [1.807, 2.05) is 0 Å². The second-order valence-corrected chi connectivity index (χ2v) is 4.83. The first-order valence-corrected chi connectivity index (χ1v) is 6.39. The predicted molar refractivity (Wildman–Crippen MR) is 74.1 cm³/mol. The van der Waals surface area contributed by atoms with Crippen molar-refractivity contribution in [2.45, 2.75) is 19.1 Å². The van der Waals surface area contributed by atoms with Crippen LogP contribution in [0.4, 0.5) is 18.9 Å². The van der Waals surface area contributed by atoms with Gasteiger partial charge in [0.05, 0.1) is 12.1 Å². The van der Waals surface area contributed by atoms with Crippen LogP contribution >= 0.6 is 15.9 Å². The van der Waals surface area contributed by atoms with Crippen molar-refractivity contribution in [2.75, 3.05) is 11.9 Å². The first-order valence-electron chi connectivity index (χ1n) is 5.60. The number of carbonyl (C=O) groups is 1. The number of hydrogen-bond donors (Lipinski definition) is 2. The standard InChI is InChI=1S/C13H12BrF3N2O/c1-3-6-18-12(20)8(2)19-11-7-9(13(15,16)17)4-5-10(11)14/h1,4-5,7-8,19H,6H2,2H3,(H,18,20). The van der Waals surface area contributed by atoms with E-state index < -0.39 is 23.7 Å². The summed E-state index contributed by atoms with van der Waals surface area (Å²) < 4.78 is 38.3. The maximum Gasteiger partial charge on any atom is 0.416 e. The van der Waals surface area contributed by atoms with Crippen LogP contribution in [-0.2, 0) is 11.0 Å². The molecule has 20 heavy (non-hydrogen) atoms. The fraction of sp³-hybridized carbons (Fsp3) is 0.308. The largest absolute Gasteiger partial charge is 0.416 e. The molecule has 108 valence electrons. The Morgan fingerprint density at radius 1 is 1.50 bits per heavy atom. The van der Waals surface area contributed by atoms with E-state index in [2.05, 4.69) is 32.5 Å². The zero-order chi connectivity index (χ0) is 15.3. The van der Waals surface area contributed by atoms with Crippen molar-refractivity contribution < 1.29 is 18.0 Å². The highest BCUT2D eigenvalue weighted by atomic mass is 79.9. The molecule has 0 spiro atoms. The van der Waals surface area contributed by atoms with Crippen LogP contribution < -0.4 is 10.6 Å². The fourth-order valence-electron chi connectivity index (χ4n) is 1.40. The molecule has 0 bridgehead atoms. The van der Waals surface area contributed by atoms with Crippen LogP contribution in [0.15, 0.2) is 22.7 Å². The molecule has 3 nitrogen and oxygen atoms in total. The van der Waals surface area contributed by atoms with Gasteiger partial charge < -0.3 is 10.6 Å². The molecule has 7 heteroatoms. The molecular weight excluding hydrogens is 337 g/mol. The van der Waals surface area contributed by atoms with Gasteiger partial charge in [0.25, 0.3) is 0 Å². The monoisotopic (exact) mass is 348 g/mol. The van der Waals surface area contributed by atoms with E-state index in [0.29, 0.717) is 4.47 Å². The molecule has 2 N–H and O–H groups in total. The van der Waals surface area contributed by atoms with Gasteiger partial charge in [-0.1, -0.05) is 5.92 Å². The maximum atomic E-state index is 12.6. The average molecular weight is 349 g/mol. The number of hydrogen-bond acceptors (Lipinski definition) is 2. The van der Waals surface area contributed by atoms with Crippen molar-refractivity contribution in [3.05, 3.63) is 28.2 Å². The number of anilines is 1. The van der Waals surface area contributed by atoms with Gasteiger partial charge in [0, 0.05) is 10.2 Å². The number of alkyl halides is 3. The van der Waals surface area contributed by atoms with Crippen LogP contribution in [0.1, 0.15) is 12.5 Å². The molecule has 1 amide bonds. The zero-order valence-electron chi connectivity index (χ0n) is 10.5. The number of amides is 1. The van der Waals surface area contributed by atoms with Gasteiger partial charge in [0.1, 0.15) is 6.04 Å². The van der Waals surface area contributed by atoms with Gasteiger partial charge in [0.2, 0.25) is 5.91 Å². The van der Waals surface area contributed by atoms with Gasteiger partial charge in [-0.3, -0.25) is 4.79 Å². The number of nitrogens with one attached hydrogen (secondary N) is 2. The van der Waals surface area contributed by atoms with Crippen molar-refractivity contribution in [1.82, 2.24) is 5.32 Å². The summed E-state index contributed by atoms with van der Waals surface area (Å²) in [6, 6.07) is 2.45. The van der Waals surface area contributed by atoms with Crippen LogP contribution in [0, 0.1) is 12.3 Å². The minimum Gasteiger partial charge on any atom is -0.373 e. The fourth-order valence-corrected chi connectivity index (χ4v) is 1.76. The lowest BCUT2D eigenvalue weighted by molar-refractivity contribution is -0.137. The van der Waals surface area contributed by atoms with Gasteiger partial charge >= 0.3 is 6.18 Å². The Labute approximate surface area is 123 Å². The minimum absolute atomic E-state index is 0.0641. The maximum absolute atomic E-state index is 12.6. The van der Waals surface area contributed by atoms with E-state index in [1.165, 1.54) is 13.0 Å². The molecule has 0 aromatic heterocycles. The summed E-state index contributed by atoms with van der Waals surface area (Å²) in [5.41, 5.74) is -0.609. The normalized spacial score (nSPS) is 12.4. The SMILES string of the molecule is C#CCNC(=O)C(C)Nc1cc(C(F)(F)F)ccc1Br. The molecular formula is C13H12BrF3N2O. The molecule has 1 unspecified atom stereocenters. The van der Waals surface area contributed by atoms with E-state index in [4.69, 9.17) is 6.42 Å². The molecule has 0 aliphatic rings. The quantitative estimate of drug-likeness (QED) is 0.821. The Hall–Kier alpha value is -1.68. The zero-order valence-corrected chi connectivity index (χ0v) is 12.1.